The second-order valence-corrected chi connectivity index (χ2v) is 7.71. The molecule has 1 aliphatic rings. The predicted molar refractivity (Wildman–Crippen MR) is 114 cm³/mol. The number of piperazine rings is 1. The van der Waals surface area contributed by atoms with Gasteiger partial charge < -0.3 is 14.5 Å². The van der Waals surface area contributed by atoms with Gasteiger partial charge in [-0.05, 0) is 29.6 Å². The topological polar surface area (TPSA) is 45.9 Å². The van der Waals surface area contributed by atoms with Crippen LogP contribution in [-0.2, 0) is 0 Å². The summed E-state index contributed by atoms with van der Waals surface area (Å²) in [7, 11) is 1.71. The van der Waals surface area contributed by atoms with Crippen LogP contribution < -0.4 is 14.5 Å². The maximum absolute atomic E-state index is 5.36. The molecule has 6 nitrogen and oxygen atoms in total. The van der Waals surface area contributed by atoms with Crippen LogP contribution in [0.1, 0.15) is 0 Å². The lowest BCUT2D eigenvalue weighted by molar-refractivity contribution is 0.414. The standard InChI is InChI=1S/C21H21N5OS/c1-27-17-5-2-4-16(14-17)24-9-11-25(12-10-24)21-19-15-18(20-6-3-13-28-20)23-26(19)8-7-22-21/h2-8,13-15H,9-12H2,1H3. The molecule has 142 valence electrons. The maximum Gasteiger partial charge on any atom is 0.154 e. The van der Waals surface area contributed by atoms with Gasteiger partial charge in [0.15, 0.2) is 5.82 Å². The van der Waals surface area contributed by atoms with Gasteiger partial charge in [0, 0.05) is 50.3 Å². The Morgan fingerprint density at radius 1 is 1.00 bits per heavy atom. The minimum atomic E-state index is 0.895. The summed E-state index contributed by atoms with van der Waals surface area (Å²) in [6, 6.07) is 14.6. The van der Waals surface area contributed by atoms with E-state index in [0.717, 1.165) is 49.0 Å². The molecule has 0 spiro atoms. The number of methoxy groups -OCH3 is 1. The SMILES string of the molecule is COc1cccc(N2CCN(c3nccn4nc(-c5cccs5)cc34)CC2)c1. The minimum absolute atomic E-state index is 0.895. The summed E-state index contributed by atoms with van der Waals surface area (Å²) in [4.78, 5) is 10.6. The number of thiophene rings is 1. The van der Waals surface area contributed by atoms with E-state index >= 15 is 0 Å². The minimum Gasteiger partial charge on any atom is -0.497 e. The van der Waals surface area contributed by atoms with E-state index < -0.39 is 0 Å². The fourth-order valence-corrected chi connectivity index (χ4v) is 4.36. The van der Waals surface area contributed by atoms with Crippen LogP contribution in [0.5, 0.6) is 5.75 Å². The predicted octanol–water partition coefficient (Wildman–Crippen LogP) is 3.79. The number of benzene rings is 1. The number of rotatable bonds is 4. The summed E-state index contributed by atoms with van der Waals surface area (Å²) in [5, 5.41) is 6.81. The average molecular weight is 392 g/mol. The number of ether oxygens (including phenoxy) is 1. The Morgan fingerprint density at radius 3 is 2.64 bits per heavy atom. The van der Waals surface area contributed by atoms with Crippen LogP contribution in [0.3, 0.4) is 0 Å². The van der Waals surface area contributed by atoms with Crippen molar-refractivity contribution in [1.29, 1.82) is 0 Å². The van der Waals surface area contributed by atoms with Crippen LogP contribution in [0, 0.1) is 0 Å². The fourth-order valence-electron chi connectivity index (χ4n) is 3.68. The molecule has 4 heterocycles. The number of nitrogens with zero attached hydrogens (tertiary/aromatic N) is 5. The molecule has 5 rings (SSSR count). The highest BCUT2D eigenvalue weighted by atomic mass is 32.1. The largest absolute Gasteiger partial charge is 0.497 e. The molecule has 7 heteroatoms. The van der Waals surface area contributed by atoms with Gasteiger partial charge in [0.1, 0.15) is 17.0 Å². The lowest BCUT2D eigenvalue weighted by Gasteiger charge is -2.36. The maximum atomic E-state index is 5.36. The van der Waals surface area contributed by atoms with Crippen molar-refractivity contribution in [1.82, 2.24) is 14.6 Å². The monoisotopic (exact) mass is 391 g/mol. The van der Waals surface area contributed by atoms with Crippen LogP contribution in [-0.4, -0.2) is 47.9 Å². The molecule has 0 unspecified atom stereocenters. The zero-order valence-corrected chi connectivity index (χ0v) is 16.5. The van der Waals surface area contributed by atoms with Gasteiger partial charge in [0.2, 0.25) is 0 Å². The highest BCUT2D eigenvalue weighted by molar-refractivity contribution is 7.13. The third kappa shape index (κ3) is 3.07. The van der Waals surface area contributed by atoms with Gasteiger partial charge in [0.05, 0.1) is 12.0 Å². The quantitative estimate of drug-likeness (QED) is 0.530. The molecule has 0 aliphatic carbocycles. The molecule has 4 aromatic rings. The van der Waals surface area contributed by atoms with Crippen molar-refractivity contribution >= 4 is 28.4 Å². The molecule has 1 aliphatic heterocycles. The van der Waals surface area contributed by atoms with Crippen LogP contribution in [0.25, 0.3) is 16.1 Å². The van der Waals surface area contributed by atoms with E-state index in [1.807, 2.05) is 29.0 Å². The van der Waals surface area contributed by atoms with Gasteiger partial charge in [-0.25, -0.2) is 9.50 Å². The normalized spacial score (nSPS) is 14.6. The fraction of sp³-hybridized carbons (Fsp3) is 0.238. The van der Waals surface area contributed by atoms with Gasteiger partial charge in [0.25, 0.3) is 0 Å². The molecule has 0 radical (unpaired) electrons. The first-order valence-electron chi connectivity index (χ1n) is 9.34. The summed E-state index contributed by atoms with van der Waals surface area (Å²) in [5.41, 5.74) is 3.26. The van der Waals surface area contributed by atoms with Crippen LogP contribution >= 0.6 is 11.3 Å². The molecule has 0 N–H and O–H groups in total. The number of hydrogen-bond donors (Lipinski definition) is 0. The van der Waals surface area contributed by atoms with E-state index in [-0.39, 0.29) is 0 Å². The van der Waals surface area contributed by atoms with E-state index in [9.17, 15) is 0 Å². The zero-order chi connectivity index (χ0) is 18.9. The molecule has 1 fully saturated rings. The van der Waals surface area contributed by atoms with Crippen molar-refractivity contribution in [2.24, 2.45) is 0 Å². The molecule has 0 amide bonds. The Hall–Kier alpha value is -3.06. The Kier molecular flexibility index (Phi) is 4.37. The molecule has 0 saturated carbocycles. The number of aromatic nitrogens is 3. The summed E-state index contributed by atoms with van der Waals surface area (Å²) in [6.45, 7) is 3.73. The third-order valence-corrected chi connectivity index (χ3v) is 6.03. The Bertz CT molecular complexity index is 1080. The number of hydrogen-bond acceptors (Lipinski definition) is 6. The van der Waals surface area contributed by atoms with E-state index in [0.29, 0.717) is 0 Å². The number of anilines is 2. The van der Waals surface area contributed by atoms with Crippen molar-refractivity contribution in [2.75, 3.05) is 43.1 Å². The van der Waals surface area contributed by atoms with E-state index in [4.69, 9.17) is 9.84 Å². The van der Waals surface area contributed by atoms with Gasteiger partial charge >= 0.3 is 0 Å². The second-order valence-electron chi connectivity index (χ2n) is 6.76. The highest BCUT2D eigenvalue weighted by Crippen LogP contribution is 2.29. The number of fused-ring (bicyclic) bond motifs is 1. The van der Waals surface area contributed by atoms with Gasteiger partial charge in [-0.15, -0.1) is 11.3 Å². The average Bonchev–Trinajstić information content (AvgIpc) is 3.43. The Balaban J connectivity index is 1.38. The first-order chi connectivity index (χ1) is 13.8. The molecular formula is C21H21N5OS. The van der Waals surface area contributed by atoms with Crippen molar-refractivity contribution in [2.45, 2.75) is 0 Å². The van der Waals surface area contributed by atoms with Crippen LogP contribution in [0.2, 0.25) is 0 Å². The van der Waals surface area contributed by atoms with Crippen molar-refractivity contribution in [3.8, 4) is 16.3 Å². The van der Waals surface area contributed by atoms with E-state index in [2.05, 4.69) is 50.5 Å². The third-order valence-electron chi connectivity index (χ3n) is 5.14. The highest BCUT2D eigenvalue weighted by Gasteiger charge is 2.21. The molecule has 0 bridgehead atoms. The van der Waals surface area contributed by atoms with Gasteiger partial charge in [-0.2, -0.15) is 5.10 Å². The molecule has 28 heavy (non-hydrogen) atoms. The summed E-state index contributed by atoms with van der Waals surface area (Å²) < 4.78 is 7.30. The first kappa shape index (κ1) is 17.1. The molecule has 3 aromatic heterocycles. The Labute approximate surface area is 167 Å². The van der Waals surface area contributed by atoms with Crippen molar-refractivity contribution < 1.29 is 4.74 Å². The Morgan fingerprint density at radius 2 is 1.86 bits per heavy atom. The van der Waals surface area contributed by atoms with Crippen molar-refractivity contribution in [3.63, 3.8) is 0 Å². The summed E-state index contributed by atoms with van der Waals surface area (Å²) in [6.07, 6.45) is 3.75. The molecule has 1 saturated heterocycles. The van der Waals surface area contributed by atoms with E-state index in [1.54, 1.807) is 18.4 Å². The van der Waals surface area contributed by atoms with Crippen molar-refractivity contribution in [3.05, 3.63) is 60.2 Å². The van der Waals surface area contributed by atoms with E-state index in [1.165, 1.54) is 10.6 Å². The molecular weight excluding hydrogens is 370 g/mol. The second kappa shape index (κ2) is 7.16. The summed E-state index contributed by atoms with van der Waals surface area (Å²) >= 11 is 1.71. The smallest absolute Gasteiger partial charge is 0.154 e. The first-order valence-corrected chi connectivity index (χ1v) is 10.2. The van der Waals surface area contributed by atoms with Crippen LogP contribution in [0.4, 0.5) is 11.5 Å². The molecule has 1 aromatic carbocycles. The zero-order valence-electron chi connectivity index (χ0n) is 15.7. The summed E-state index contributed by atoms with van der Waals surface area (Å²) in [5.74, 6) is 1.90. The molecule has 0 atom stereocenters. The van der Waals surface area contributed by atoms with Crippen LogP contribution in [0.15, 0.2) is 60.2 Å². The van der Waals surface area contributed by atoms with Gasteiger partial charge in [-0.1, -0.05) is 12.1 Å². The lowest BCUT2D eigenvalue weighted by atomic mass is 10.2. The lowest BCUT2D eigenvalue weighted by Crippen LogP contribution is -2.47. The van der Waals surface area contributed by atoms with Gasteiger partial charge in [-0.3, -0.25) is 0 Å².